The first-order valence-corrected chi connectivity index (χ1v) is 11.3. The van der Waals surface area contributed by atoms with Crippen LogP contribution in [-0.4, -0.2) is 42.9 Å². The van der Waals surface area contributed by atoms with Crippen molar-refractivity contribution in [2.45, 2.75) is 38.5 Å². The molecule has 3 aromatic rings. The highest BCUT2D eigenvalue weighted by atomic mass is 19.4. The Hall–Kier alpha value is -3.66. The molecule has 3 rings (SSSR count). The van der Waals surface area contributed by atoms with Gasteiger partial charge in [0.2, 0.25) is 0 Å². The number of ketones is 1. The third-order valence-electron chi connectivity index (χ3n) is 5.78. The molecular formula is C27H27F4NO5. The number of aromatic nitrogens is 1. The summed E-state index contributed by atoms with van der Waals surface area (Å²) < 4.78 is 66.3. The summed E-state index contributed by atoms with van der Waals surface area (Å²) in [4.78, 5) is 17.4. The molecule has 1 heterocycles. The van der Waals surface area contributed by atoms with Crippen molar-refractivity contribution in [3.05, 3.63) is 71.2 Å². The molecule has 0 spiro atoms. The van der Waals surface area contributed by atoms with E-state index in [1.165, 1.54) is 45.4 Å². The van der Waals surface area contributed by atoms with Crippen molar-refractivity contribution in [2.75, 3.05) is 20.8 Å². The maximum atomic E-state index is 13.8. The van der Waals surface area contributed by atoms with Crippen molar-refractivity contribution >= 4 is 5.78 Å². The Bertz CT molecular complexity index is 1270. The van der Waals surface area contributed by atoms with Gasteiger partial charge in [0.05, 0.1) is 19.9 Å². The molecule has 0 aliphatic carbocycles. The lowest BCUT2D eigenvalue weighted by molar-refractivity contribution is -0.153. The molecule has 6 nitrogen and oxygen atoms in total. The molecular weight excluding hydrogens is 494 g/mol. The van der Waals surface area contributed by atoms with Gasteiger partial charge in [0, 0.05) is 17.5 Å². The molecule has 1 unspecified atom stereocenters. The van der Waals surface area contributed by atoms with Crippen LogP contribution in [-0.2, 0) is 5.60 Å². The molecule has 0 aliphatic rings. The first-order chi connectivity index (χ1) is 17.3. The monoisotopic (exact) mass is 521 g/mol. The van der Waals surface area contributed by atoms with Crippen molar-refractivity contribution in [2.24, 2.45) is 0 Å². The van der Waals surface area contributed by atoms with Crippen LogP contribution in [0.25, 0.3) is 11.3 Å². The van der Waals surface area contributed by atoms with Gasteiger partial charge in [-0.05, 0) is 74.4 Å². The fourth-order valence-electron chi connectivity index (χ4n) is 3.66. The van der Waals surface area contributed by atoms with Gasteiger partial charge in [0.15, 0.2) is 23.9 Å². The van der Waals surface area contributed by atoms with Crippen LogP contribution in [0, 0.1) is 12.7 Å². The van der Waals surface area contributed by atoms with Crippen molar-refractivity contribution in [3.63, 3.8) is 0 Å². The van der Waals surface area contributed by atoms with Gasteiger partial charge in [-0.1, -0.05) is 0 Å². The number of aliphatic hydroxyl groups is 1. The number of halogens is 4. The topological polar surface area (TPSA) is 77.9 Å². The first-order valence-electron chi connectivity index (χ1n) is 11.3. The van der Waals surface area contributed by atoms with Gasteiger partial charge in [0.25, 0.3) is 0 Å². The van der Waals surface area contributed by atoms with E-state index in [1.807, 2.05) is 0 Å². The summed E-state index contributed by atoms with van der Waals surface area (Å²) in [6, 6.07) is 11.6. The molecule has 0 aliphatic heterocycles. The minimum Gasteiger partial charge on any atom is -0.494 e. The first kappa shape index (κ1) is 27.9. The zero-order valence-electron chi connectivity index (χ0n) is 20.8. The van der Waals surface area contributed by atoms with Gasteiger partial charge in [0.1, 0.15) is 22.9 Å². The number of nitrogens with zero attached hydrogens (tertiary/aromatic N) is 1. The molecule has 10 heteroatoms. The van der Waals surface area contributed by atoms with Crippen LogP contribution >= 0.6 is 0 Å². The third kappa shape index (κ3) is 6.97. The number of methoxy groups -OCH3 is 2. The molecule has 198 valence electrons. The zero-order valence-corrected chi connectivity index (χ0v) is 20.8. The Kier molecular flexibility index (Phi) is 8.42. The Morgan fingerprint density at radius 3 is 2.27 bits per heavy atom. The summed E-state index contributed by atoms with van der Waals surface area (Å²) >= 11 is 0. The summed E-state index contributed by atoms with van der Waals surface area (Å²) in [5, 5.41) is 11.1. The number of Topliss-reactive ketones (excluding diaryl/α,β-unsaturated/α-hetero) is 1. The lowest BCUT2D eigenvalue weighted by Gasteiger charge is -2.24. The van der Waals surface area contributed by atoms with E-state index in [9.17, 15) is 27.5 Å². The number of carbonyl (C=O) groups is 1. The van der Waals surface area contributed by atoms with Crippen LogP contribution < -0.4 is 14.2 Å². The summed E-state index contributed by atoms with van der Waals surface area (Å²) in [5.74, 6) is -0.446. The molecule has 37 heavy (non-hydrogen) atoms. The fraction of sp³-hybridized carbons (Fsp3) is 0.333. The molecule has 0 amide bonds. The molecule has 1 atom stereocenters. The predicted octanol–water partition coefficient (Wildman–Crippen LogP) is 6.03. The minimum absolute atomic E-state index is 0.00167. The van der Waals surface area contributed by atoms with E-state index in [0.29, 0.717) is 22.6 Å². The van der Waals surface area contributed by atoms with Crippen molar-refractivity contribution in [1.82, 2.24) is 4.98 Å². The smallest absolute Gasteiger partial charge is 0.422 e. The molecule has 1 N–H and O–H groups in total. The highest BCUT2D eigenvalue weighted by Crippen LogP contribution is 2.35. The highest BCUT2D eigenvalue weighted by molar-refractivity contribution is 5.96. The van der Waals surface area contributed by atoms with Gasteiger partial charge >= 0.3 is 6.18 Å². The Morgan fingerprint density at radius 1 is 0.973 bits per heavy atom. The SMILES string of the molecule is COc1cc(C(=O)CCC(C)(O)c2ccc(OC)c(-c3ccc(F)c(C)c3)n2)ccc1OCC(F)(F)F. The maximum absolute atomic E-state index is 13.8. The van der Waals surface area contributed by atoms with Crippen molar-refractivity contribution in [3.8, 4) is 28.5 Å². The predicted molar refractivity (Wildman–Crippen MR) is 129 cm³/mol. The van der Waals surface area contributed by atoms with Gasteiger partial charge in [-0.15, -0.1) is 0 Å². The van der Waals surface area contributed by atoms with Gasteiger partial charge in [-0.25, -0.2) is 9.37 Å². The molecule has 2 aromatic carbocycles. The average Bonchev–Trinajstić information content (AvgIpc) is 2.86. The molecule has 0 saturated heterocycles. The van der Waals surface area contributed by atoms with Gasteiger partial charge < -0.3 is 19.3 Å². The van der Waals surface area contributed by atoms with Gasteiger partial charge in [-0.3, -0.25) is 4.79 Å². The zero-order chi connectivity index (χ0) is 27.4. The number of carbonyl (C=O) groups excluding carboxylic acids is 1. The van der Waals surface area contributed by atoms with E-state index in [0.717, 1.165) is 0 Å². The number of pyridine rings is 1. The molecule has 0 fully saturated rings. The number of hydrogen-bond acceptors (Lipinski definition) is 6. The largest absolute Gasteiger partial charge is 0.494 e. The van der Waals surface area contributed by atoms with Crippen LogP contribution in [0.1, 0.15) is 41.4 Å². The van der Waals surface area contributed by atoms with Crippen molar-refractivity contribution < 1.29 is 41.7 Å². The molecule has 0 radical (unpaired) electrons. The lowest BCUT2D eigenvalue weighted by atomic mass is 9.92. The average molecular weight is 522 g/mol. The molecule has 1 aromatic heterocycles. The van der Waals surface area contributed by atoms with Crippen LogP contribution in [0.2, 0.25) is 0 Å². The van der Waals surface area contributed by atoms with Crippen LogP contribution in [0.5, 0.6) is 17.2 Å². The van der Waals surface area contributed by atoms with Crippen LogP contribution in [0.3, 0.4) is 0 Å². The summed E-state index contributed by atoms with van der Waals surface area (Å²) in [7, 11) is 2.73. The fourth-order valence-corrected chi connectivity index (χ4v) is 3.66. The van der Waals surface area contributed by atoms with E-state index in [1.54, 1.807) is 31.2 Å². The van der Waals surface area contributed by atoms with E-state index in [2.05, 4.69) is 4.98 Å². The van der Waals surface area contributed by atoms with E-state index >= 15 is 0 Å². The summed E-state index contributed by atoms with van der Waals surface area (Å²) in [5.41, 5.74) is 0.405. The minimum atomic E-state index is -4.52. The molecule has 0 saturated carbocycles. The standard InChI is InChI=1S/C27H27F4NO5/c1-16-13-18(5-7-19(16)28)25-22(35-3)9-10-24(32-25)26(2,34)12-11-20(33)17-6-8-21(23(14-17)36-4)37-15-27(29,30)31/h5-10,13-14,34H,11-12,15H2,1-4H3. The number of aryl methyl sites for hydroxylation is 1. The second-order valence-electron chi connectivity index (χ2n) is 8.68. The number of hydrogen-bond donors (Lipinski definition) is 1. The van der Waals surface area contributed by atoms with E-state index < -0.39 is 18.4 Å². The normalized spacial score (nSPS) is 13.1. The summed E-state index contributed by atoms with van der Waals surface area (Å²) in [6.07, 6.45) is -4.60. The summed E-state index contributed by atoms with van der Waals surface area (Å²) in [6.45, 7) is 1.65. The number of rotatable bonds is 10. The molecule has 0 bridgehead atoms. The lowest BCUT2D eigenvalue weighted by Crippen LogP contribution is -2.24. The number of alkyl halides is 3. The Morgan fingerprint density at radius 2 is 1.65 bits per heavy atom. The second kappa shape index (κ2) is 11.2. The van der Waals surface area contributed by atoms with E-state index in [4.69, 9.17) is 14.2 Å². The van der Waals surface area contributed by atoms with Crippen LogP contribution in [0.4, 0.5) is 17.6 Å². The Labute approximate surface area is 211 Å². The quantitative estimate of drug-likeness (QED) is 0.260. The second-order valence-corrected chi connectivity index (χ2v) is 8.68. The van der Waals surface area contributed by atoms with Crippen molar-refractivity contribution in [1.29, 1.82) is 0 Å². The van der Waals surface area contributed by atoms with Gasteiger partial charge in [-0.2, -0.15) is 13.2 Å². The van der Waals surface area contributed by atoms with Crippen LogP contribution in [0.15, 0.2) is 48.5 Å². The maximum Gasteiger partial charge on any atom is 0.422 e. The number of benzene rings is 2. The number of ether oxygens (including phenoxy) is 3. The highest BCUT2D eigenvalue weighted by Gasteiger charge is 2.30. The Balaban J connectivity index is 1.78. The van der Waals surface area contributed by atoms with E-state index in [-0.39, 0.29) is 47.2 Å². The third-order valence-corrected chi connectivity index (χ3v) is 5.78.